The zero-order chi connectivity index (χ0) is 15.1. The summed E-state index contributed by atoms with van der Waals surface area (Å²) in [5, 5.41) is 13.6. The molecule has 4 N–H and O–H groups in total. The molecule has 0 aromatic carbocycles. The van der Waals surface area contributed by atoms with E-state index in [1.54, 1.807) is 0 Å². The van der Waals surface area contributed by atoms with Crippen molar-refractivity contribution < 1.29 is 23.1 Å². The molecule has 0 saturated carbocycles. The van der Waals surface area contributed by atoms with E-state index in [2.05, 4.69) is 15.4 Å². The average molecular weight is 295 g/mol. The quantitative estimate of drug-likeness (QED) is 0.442. The number of carbonyl (C=O) groups is 2. The summed E-state index contributed by atoms with van der Waals surface area (Å²) in [7, 11) is -3.29. The lowest BCUT2D eigenvalue weighted by Crippen LogP contribution is -2.48. The first-order chi connectivity index (χ1) is 8.61. The van der Waals surface area contributed by atoms with Gasteiger partial charge >= 0.3 is 12.0 Å². The van der Waals surface area contributed by atoms with Crippen molar-refractivity contribution in [3.8, 4) is 0 Å². The second-order valence-corrected chi connectivity index (χ2v) is 6.42. The van der Waals surface area contributed by atoms with Crippen LogP contribution in [0.25, 0.3) is 0 Å². The van der Waals surface area contributed by atoms with Crippen LogP contribution in [0.3, 0.4) is 0 Å². The number of urea groups is 1. The molecule has 1 atom stereocenters. The van der Waals surface area contributed by atoms with Crippen LogP contribution in [0.15, 0.2) is 0 Å². The van der Waals surface area contributed by atoms with Gasteiger partial charge in [-0.05, 0) is 12.3 Å². The van der Waals surface area contributed by atoms with Gasteiger partial charge in [0.25, 0.3) is 0 Å². The van der Waals surface area contributed by atoms with Crippen molar-refractivity contribution in [2.75, 3.05) is 19.3 Å². The first-order valence-electron chi connectivity index (χ1n) is 5.83. The predicted molar refractivity (Wildman–Crippen MR) is 70.3 cm³/mol. The Kier molecular flexibility index (Phi) is 7.38. The van der Waals surface area contributed by atoms with E-state index in [9.17, 15) is 18.0 Å². The van der Waals surface area contributed by atoms with Crippen molar-refractivity contribution in [1.29, 1.82) is 0 Å². The topological polar surface area (TPSA) is 125 Å². The summed E-state index contributed by atoms with van der Waals surface area (Å²) >= 11 is 0. The number of sulfonamides is 1. The maximum Gasteiger partial charge on any atom is 0.326 e. The predicted octanol–water partition coefficient (Wildman–Crippen LogP) is -0.666. The zero-order valence-electron chi connectivity index (χ0n) is 11.3. The molecule has 8 nitrogen and oxygen atoms in total. The van der Waals surface area contributed by atoms with Crippen LogP contribution in [0.1, 0.15) is 20.3 Å². The molecule has 0 rings (SSSR count). The van der Waals surface area contributed by atoms with Crippen molar-refractivity contribution >= 4 is 22.0 Å². The third-order valence-electron chi connectivity index (χ3n) is 2.09. The number of carboxylic acids is 1. The molecule has 0 aliphatic carbocycles. The second-order valence-electron chi connectivity index (χ2n) is 4.59. The number of carboxylic acid groups (broad SMARTS) is 1. The number of aliphatic carboxylic acids is 1. The molecular weight excluding hydrogens is 274 g/mol. The van der Waals surface area contributed by atoms with E-state index in [4.69, 9.17) is 5.11 Å². The summed E-state index contributed by atoms with van der Waals surface area (Å²) in [6.45, 7) is 3.83. The highest BCUT2D eigenvalue weighted by Gasteiger charge is 2.20. The van der Waals surface area contributed by atoms with Gasteiger partial charge in [-0.25, -0.2) is 22.7 Å². The first kappa shape index (κ1) is 17.6. The number of nitrogens with one attached hydrogen (secondary N) is 3. The molecule has 0 unspecified atom stereocenters. The summed E-state index contributed by atoms with van der Waals surface area (Å²) in [5.41, 5.74) is 0. The Morgan fingerprint density at radius 2 is 1.79 bits per heavy atom. The highest BCUT2D eigenvalue weighted by molar-refractivity contribution is 7.88. The Morgan fingerprint density at radius 3 is 2.21 bits per heavy atom. The molecule has 9 heteroatoms. The summed E-state index contributed by atoms with van der Waals surface area (Å²) in [4.78, 5) is 22.3. The van der Waals surface area contributed by atoms with E-state index in [-0.39, 0.29) is 19.0 Å². The number of amides is 2. The van der Waals surface area contributed by atoms with Gasteiger partial charge in [0, 0.05) is 13.1 Å². The van der Waals surface area contributed by atoms with Crippen LogP contribution in [0, 0.1) is 5.92 Å². The normalized spacial score (nSPS) is 13.1. The Balaban J connectivity index is 4.04. The van der Waals surface area contributed by atoms with Gasteiger partial charge in [0.2, 0.25) is 10.0 Å². The average Bonchev–Trinajstić information content (AvgIpc) is 2.21. The van der Waals surface area contributed by atoms with Crippen molar-refractivity contribution in [3.63, 3.8) is 0 Å². The standard InChI is InChI=1S/C10H21N3O5S/c1-7(2)6-8(9(14)15)13-10(16)11-4-5-12-19(3,17)18/h7-8,12H,4-6H2,1-3H3,(H,14,15)(H2,11,13,16)/t8-/m0/s1. The zero-order valence-corrected chi connectivity index (χ0v) is 12.1. The molecule has 2 amide bonds. The molecule has 0 fully saturated rings. The lowest BCUT2D eigenvalue weighted by atomic mass is 10.0. The molecule has 0 bridgehead atoms. The Bertz CT molecular complexity index is 407. The minimum absolute atomic E-state index is 0.0498. The molecule has 19 heavy (non-hydrogen) atoms. The summed E-state index contributed by atoms with van der Waals surface area (Å²) in [6.07, 6.45) is 1.33. The monoisotopic (exact) mass is 295 g/mol. The van der Waals surface area contributed by atoms with E-state index in [1.165, 1.54) is 0 Å². The highest BCUT2D eigenvalue weighted by Crippen LogP contribution is 2.04. The van der Waals surface area contributed by atoms with Crippen molar-refractivity contribution in [2.45, 2.75) is 26.3 Å². The van der Waals surface area contributed by atoms with E-state index < -0.39 is 28.1 Å². The molecule has 0 aromatic heterocycles. The number of rotatable bonds is 8. The van der Waals surface area contributed by atoms with Crippen LogP contribution < -0.4 is 15.4 Å². The Morgan fingerprint density at radius 1 is 1.21 bits per heavy atom. The van der Waals surface area contributed by atoms with Crippen LogP contribution in [0.4, 0.5) is 4.79 Å². The molecule has 0 spiro atoms. The van der Waals surface area contributed by atoms with Crippen molar-refractivity contribution in [1.82, 2.24) is 15.4 Å². The Hall–Kier alpha value is -1.35. The molecule has 0 saturated heterocycles. The lowest BCUT2D eigenvalue weighted by molar-refractivity contribution is -0.139. The number of carbonyl (C=O) groups excluding carboxylic acids is 1. The van der Waals surface area contributed by atoms with Gasteiger partial charge in [0.15, 0.2) is 0 Å². The van der Waals surface area contributed by atoms with Gasteiger partial charge < -0.3 is 15.7 Å². The fourth-order valence-electron chi connectivity index (χ4n) is 1.31. The smallest absolute Gasteiger partial charge is 0.326 e. The van der Waals surface area contributed by atoms with Gasteiger partial charge in [-0.1, -0.05) is 13.8 Å². The van der Waals surface area contributed by atoms with Gasteiger partial charge in [-0.2, -0.15) is 0 Å². The molecule has 0 heterocycles. The fourth-order valence-corrected chi connectivity index (χ4v) is 1.79. The number of hydrogen-bond acceptors (Lipinski definition) is 4. The summed E-state index contributed by atoms with van der Waals surface area (Å²) < 4.78 is 23.7. The molecular formula is C10H21N3O5S. The summed E-state index contributed by atoms with van der Waals surface area (Å²) in [5.74, 6) is -0.966. The van der Waals surface area contributed by atoms with Gasteiger partial charge in [-0.3, -0.25) is 0 Å². The molecule has 0 radical (unpaired) electrons. The first-order valence-corrected chi connectivity index (χ1v) is 7.72. The Labute approximate surface area is 113 Å². The third kappa shape index (κ3) is 10.3. The van der Waals surface area contributed by atoms with Crippen LogP contribution >= 0.6 is 0 Å². The molecule has 0 aliphatic rings. The van der Waals surface area contributed by atoms with Gasteiger partial charge in [-0.15, -0.1) is 0 Å². The maximum atomic E-state index is 11.4. The molecule has 0 aliphatic heterocycles. The summed E-state index contributed by atoms with van der Waals surface area (Å²) in [6, 6.07) is -1.59. The third-order valence-corrected chi connectivity index (χ3v) is 2.81. The van der Waals surface area contributed by atoms with Crippen LogP contribution in [-0.4, -0.2) is 50.9 Å². The van der Waals surface area contributed by atoms with Crippen LogP contribution in [0.5, 0.6) is 0 Å². The van der Waals surface area contributed by atoms with E-state index in [0.717, 1.165) is 6.26 Å². The van der Waals surface area contributed by atoms with Crippen molar-refractivity contribution in [2.24, 2.45) is 5.92 Å². The van der Waals surface area contributed by atoms with E-state index in [0.29, 0.717) is 6.42 Å². The van der Waals surface area contributed by atoms with Crippen LogP contribution in [0.2, 0.25) is 0 Å². The van der Waals surface area contributed by atoms with Crippen LogP contribution in [-0.2, 0) is 14.8 Å². The fraction of sp³-hybridized carbons (Fsp3) is 0.800. The number of hydrogen-bond donors (Lipinski definition) is 4. The van der Waals surface area contributed by atoms with Crippen molar-refractivity contribution in [3.05, 3.63) is 0 Å². The van der Waals surface area contributed by atoms with E-state index in [1.807, 2.05) is 13.8 Å². The largest absolute Gasteiger partial charge is 0.480 e. The van der Waals surface area contributed by atoms with E-state index >= 15 is 0 Å². The minimum atomic E-state index is -3.29. The molecule has 112 valence electrons. The second kappa shape index (κ2) is 7.95. The SMILES string of the molecule is CC(C)C[C@H](NC(=O)NCCNS(C)(=O)=O)C(=O)O. The molecule has 0 aromatic rings. The minimum Gasteiger partial charge on any atom is -0.480 e. The van der Waals surface area contributed by atoms with Gasteiger partial charge in [0.05, 0.1) is 6.26 Å². The highest BCUT2D eigenvalue weighted by atomic mass is 32.2. The van der Waals surface area contributed by atoms with Gasteiger partial charge in [0.1, 0.15) is 6.04 Å². The lowest BCUT2D eigenvalue weighted by Gasteiger charge is -2.16. The maximum absolute atomic E-state index is 11.4.